The Kier molecular flexibility index (Phi) is 10.4. The van der Waals surface area contributed by atoms with E-state index in [2.05, 4.69) is 14.9 Å². The van der Waals surface area contributed by atoms with Crippen molar-refractivity contribution in [2.24, 2.45) is 5.73 Å². The zero-order valence-corrected chi connectivity index (χ0v) is 22.6. The summed E-state index contributed by atoms with van der Waals surface area (Å²) < 4.78 is 93.2. The number of benzene rings is 2. The van der Waals surface area contributed by atoms with E-state index in [4.69, 9.17) is 14.9 Å². The molecule has 2 N–H and O–H groups in total. The van der Waals surface area contributed by atoms with Gasteiger partial charge in [0.25, 0.3) is 11.8 Å². The van der Waals surface area contributed by atoms with Crippen molar-refractivity contribution in [1.29, 1.82) is 0 Å². The summed E-state index contributed by atoms with van der Waals surface area (Å²) in [6, 6.07) is 6.70. The van der Waals surface area contributed by atoms with Gasteiger partial charge in [0.2, 0.25) is 0 Å². The zero-order chi connectivity index (χ0) is 30.4. The minimum absolute atomic E-state index is 0.0695. The number of ether oxygens (including phenoxy) is 2. The van der Waals surface area contributed by atoms with E-state index in [-0.39, 0.29) is 28.8 Å². The average Bonchev–Trinajstić information content (AvgIpc) is 3.40. The first kappa shape index (κ1) is 31.9. The molecule has 1 atom stereocenters. The van der Waals surface area contributed by atoms with Crippen LogP contribution in [0.15, 0.2) is 40.8 Å². The molecule has 0 saturated carbocycles. The lowest BCUT2D eigenvalue weighted by molar-refractivity contribution is -0.274. The van der Waals surface area contributed by atoms with Gasteiger partial charge in [-0.1, -0.05) is 24.2 Å². The highest BCUT2D eigenvalue weighted by molar-refractivity contribution is 5.81. The maximum Gasteiger partial charge on any atom is 0.573 e. The number of aryl methyl sites for hydroxylation is 2. The Morgan fingerprint density at radius 3 is 2.29 bits per heavy atom. The van der Waals surface area contributed by atoms with Gasteiger partial charge in [-0.05, 0) is 55.7 Å². The molecule has 1 fully saturated rings. The highest BCUT2D eigenvalue weighted by Crippen LogP contribution is 2.38. The lowest BCUT2D eigenvalue weighted by Crippen LogP contribution is -2.36. The summed E-state index contributed by atoms with van der Waals surface area (Å²) >= 11 is 0. The number of nitrogens with zero attached hydrogens (tertiary/aromatic N) is 3. The van der Waals surface area contributed by atoms with Crippen LogP contribution in [0.1, 0.15) is 37.0 Å². The second kappa shape index (κ2) is 13.3. The van der Waals surface area contributed by atoms with E-state index in [0.717, 1.165) is 25.0 Å². The number of hydrogen-bond acceptors (Lipinski definition) is 8. The number of alkyl halides is 5. The van der Waals surface area contributed by atoms with Gasteiger partial charge in [0.15, 0.2) is 0 Å². The van der Waals surface area contributed by atoms with Crippen molar-refractivity contribution in [1.82, 2.24) is 10.2 Å². The molecule has 1 saturated heterocycles. The van der Waals surface area contributed by atoms with Gasteiger partial charge in [-0.15, -0.1) is 18.3 Å². The fourth-order valence-electron chi connectivity index (χ4n) is 3.90. The van der Waals surface area contributed by atoms with Crippen molar-refractivity contribution in [2.75, 3.05) is 31.2 Å². The van der Waals surface area contributed by atoms with Crippen LogP contribution in [0.25, 0.3) is 11.5 Å². The molecule has 0 spiro atoms. The van der Waals surface area contributed by atoms with Gasteiger partial charge in [-0.3, -0.25) is 4.79 Å². The number of morpholine rings is 1. The fraction of sp³-hybridized carbons (Fsp3) is 0.444. The molecule has 0 aliphatic carbocycles. The maximum atomic E-state index is 14.6. The van der Waals surface area contributed by atoms with E-state index >= 15 is 0 Å². The summed E-state index contributed by atoms with van der Waals surface area (Å²) in [5, 5.41) is 7.74. The zero-order valence-electron chi connectivity index (χ0n) is 22.6. The molecule has 8 nitrogen and oxygen atoms in total. The normalized spacial score (nSPS) is 14.7. The van der Waals surface area contributed by atoms with Gasteiger partial charge in [-0.25, -0.2) is 13.2 Å². The van der Waals surface area contributed by atoms with Gasteiger partial charge in [0.05, 0.1) is 24.8 Å². The second-order valence-electron chi connectivity index (χ2n) is 9.31. The SMILES string of the molecule is CC(=O)C(N)CC(F)(F)c1cc(F)c(-c2nnc(N3CCOCC3)o2)cc1C.CCc1ccc(OC(F)(F)F)cc1. The molecule has 41 heavy (non-hydrogen) atoms. The fourth-order valence-corrected chi connectivity index (χ4v) is 3.90. The highest BCUT2D eigenvalue weighted by atomic mass is 19.4. The topological polar surface area (TPSA) is 104 Å². The number of halogens is 6. The van der Waals surface area contributed by atoms with Crippen LogP contribution >= 0.6 is 0 Å². The summed E-state index contributed by atoms with van der Waals surface area (Å²) in [5.41, 5.74) is 5.96. The average molecular weight is 589 g/mol. The monoisotopic (exact) mass is 588 g/mol. The van der Waals surface area contributed by atoms with Crippen LogP contribution in [0.2, 0.25) is 0 Å². The molecule has 0 bridgehead atoms. The third-order valence-corrected chi connectivity index (χ3v) is 6.20. The van der Waals surface area contributed by atoms with Gasteiger partial charge < -0.3 is 24.5 Å². The molecule has 1 aliphatic rings. The molecule has 1 unspecified atom stereocenters. The Bertz CT molecular complexity index is 1310. The number of aromatic nitrogens is 2. The van der Waals surface area contributed by atoms with Gasteiger partial charge in [-0.2, -0.15) is 0 Å². The number of carbonyl (C=O) groups excluding carboxylic acids is 1. The third-order valence-electron chi connectivity index (χ3n) is 6.20. The summed E-state index contributed by atoms with van der Waals surface area (Å²) in [6.45, 7) is 6.63. The van der Waals surface area contributed by atoms with Crippen LogP contribution in [0.4, 0.5) is 32.4 Å². The van der Waals surface area contributed by atoms with Crippen LogP contribution in [-0.2, 0) is 21.9 Å². The minimum atomic E-state index is -4.60. The van der Waals surface area contributed by atoms with Gasteiger partial charge in [0, 0.05) is 25.1 Å². The Morgan fingerprint density at radius 2 is 1.73 bits per heavy atom. The lowest BCUT2D eigenvalue weighted by atomic mass is 9.94. The predicted molar refractivity (Wildman–Crippen MR) is 137 cm³/mol. The quantitative estimate of drug-likeness (QED) is 0.341. The second-order valence-corrected chi connectivity index (χ2v) is 9.31. The van der Waals surface area contributed by atoms with E-state index in [1.54, 1.807) is 17.0 Å². The molecular formula is C27H30F6N4O4. The van der Waals surface area contributed by atoms with Crippen LogP contribution < -0.4 is 15.4 Å². The lowest BCUT2D eigenvalue weighted by Gasteiger charge is -2.24. The molecule has 1 aromatic heterocycles. The first-order valence-corrected chi connectivity index (χ1v) is 12.7. The number of anilines is 1. The molecule has 2 heterocycles. The maximum absolute atomic E-state index is 14.6. The Morgan fingerprint density at radius 1 is 1.10 bits per heavy atom. The Balaban J connectivity index is 0.000000298. The van der Waals surface area contributed by atoms with E-state index in [9.17, 15) is 31.1 Å². The van der Waals surface area contributed by atoms with Crippen LogP contribution in [-0.4, -0.2) is 54.7 Å². The van der Waals surface area contributed by atoms with Crippen LogP contribution in [0.5, 0.6) is 5.75 Å². The number of hydrogen-bond donors (Lipinski definition) is 1. The Labute approximate surface area is 232 Å². The van der Waals surface area contributed by atoms with E-state index < -0.39 is 41.9 Å². The van der Waals surface area contributed by atoms with E-state index in [0.29, 0.717) is 26.3 Å². The largest absolute Gasteiger partial charge is 0.573 e. The molecule has 14 heteroatoms. The van der Waals surface area contributed by atoms with Crippen LogP contribution in [0, 0.1) is 12.7 Å². The highest BCUT2D eigenvalue weighted by Gasteiger charge is 2.37. The molecule has 4 rings (SSSR count). The van der Waals surface area contributed by atoms with Crippen LogP contribution in [0.3, 0.4) is 0 Å². The minimum Gasteiger partial charge on any atom is -0.406 e. The molecule has 0 radical (unpaired) electrons. The van der Waals surface area contributed by atoms with Crippen molar-refractivity contribution >= 4 is 11.8 Å². The summed E-state index contributed by atoms with van der Waals surface area (Å²) in [4.78, 5) is 13.0. The van der Waals surface area contributed by atoms with Crippen molar-refractivity contribution in [3.63, 3.8) is 0 Å². The standard InChI is InChI=1S/C18H21F3N4O3.C9H9F3O/c1-10-7-12(16-23-24-17(28-16)25-3-5-27-6-4-25)14(19)8-13(10)18(20,21)9-15(22)11(2)26;1-2-7-3-5-8(6-4-7)13-9(10,11)12/h7-8,15H,3-6,9,22H2,1-2H3;3-6H,2H2,1H3. The molecule has 1 aliphatic heterocycles. The first-order chi connectivity index (χ1) is 19.2. The summed E-state index contributed by atoms with van der Waals surface area (Å²) in [5.74, 6) is -5.21. The Hall–Kier alpha value is -3.65. The van der Waals surface area contributed by atoms with E-state index in [1.165, 1.54) is 25.1 Å². The number of rotatable bonds is 8. The summed E-state index contributed by atoms with van der Waals surface area (Å²) in [7, 11) is 0. The number of nitrogens with two attached hydrogens (primary N) is 1. The molecular weight excluding hydrogens is 558 g/mol. The van der Waals surface area contributed by atoms with Crippen molar-refractivity contribution < 1.29 is 45.0 Å². The molecule has 2 aromatic carbocycles. The van der Waals surface area contributed by atoms with Crippen molar-refractivity contribution in [2.45, 2.75) is 51.9 Å². The van der Waals surface area contributed by atoms with Crippen molar-refractivity contribution in [3.05, 3.63) is 58.9 Å². The van der Waals surface area contributed by atoms with Crippen molar-refractivity contribution in [3.8, 4) is 17.2 Å². The smallest absolute Gasteiger partial charge is 0.406 e. The number of ketones is 1. The molecule has 0 amide bonds. The van der Waals surface area contributed by atoms with Gasteiger partial charge >= 0.3 is 12.4 Å². The summed E-state index contributed by atoms with van der Waals surface area (Å²) in [6.07, 6.45) is -4.70. The van der Waals surface area contributed by atoms with E-state index in [1.807, 2.05) is 6.92 Å². The third kappa shape index (κ3) is 8.92. The first-order valence-electron chi connectivity index (χ1n) is 12.7. The molecule has 224 valence electrons. The number of carbonyl (C=O) groups is 1. The molecule has 3 aromatic rings. The number of Topliss-reactive ketones (excluding diaryl/α,β-unsaturated/α-hetero) is 1. The predicted octanol–water partition coefficient (Wildman–Crippen LogP) is 5.57. The van der Waals surface area contributed by atoms with Gasteiger partial charge in [0.1, 0.15) is 17.3 Å².